The Morgan fingerprint density at radius 2 is 1.86 bits per heavy atom. The fourth-order valence-corrected chi connectivity index (χ4v) is 2.73. The minimum Gasteiger partial charge on any atom is -0.411 e. The summed E-state index contributed by atoms with van der Waals surface area (Å²) in [6, 6.07) is 17.5. The standard InChI is InChI=1S/C17H13N3OS/c1-12-4-2-3-5-15(12)16-19-20-17(21-16)22-11-14-8-6-13(10-18)7-9-14/h2-9H,11H2,1H3. The van der Waals surface area contributed by atoms with Crippen molar-refractivity contribution >= 4 is 11.8 Å². The molecular formula is C17H13N3OS. The summed E-state index contributed by atoms with van der Waals surface area (Å²) in [7, 11) is 0. The highest BCUT2D eigenvalue weighted by Gasteiger charge is 2.10. The normalized spacial score (nSPS) is 10.4. The topological polar surface area (TPSA) is 62.7 Å². The Kier molecular flexibility index (Phi) is 4.22. The molecule has 5 heteroatoms. The van der Waals surface area contributed by atoms with E-state index in [0.717, 1.165) is 22.4 Å². The van der Waals surface area contributed by atoms with Crippen LogP contribution in [0, 0.1) is 18.3 Å². The summed E-state index contributed by atoms with van der Waals surface area (Å²) in [5.41, 5.74) is 3.84. The molecule has 0 radical (unpaired) electrons. The monoisotopic (exact) mass is 307 g/mol. The van der Waals surface area contributed by atoms with E-state index in [1.165, 1.54) is 11.8 Å². The van der Waals surface area contributed by atoms with Crippen LogP contribution in [0.4, 0.5) is 0 Å². The van der Waals surface area contributed by atoms with E-state index in [1.54, 1.807) is 0 Å². The second-order valence-corrected chi connectivity index (χ2v) is 5.71. The number of nitrogens with zero attached hydrogens (tertiary/aromatic N) is 3. The highest BCUT2D eigenvalue weighted by Crippen LogP contribution is 2.27. The molecule has 22 heavy (non-hydrogen) atoms. The average molecular weight is 307 g/mol. The van der Waals surface area contributed by atoms with E-state index < -0.39 is 0 Å². The molecule has 0 saturated carbocycles. The van der Waals surface area contributed by atoms with E-state index in [0.29, 0.717) is 16.7 Å². The molecule has 0 unspecified atom stereocenters. The summed E-state index contributed by atoms with van der Waals surface area (Å²) in [6.45, 7) is 2.02. The van der Waals surface area contributed by atoms with Gasteiger partial charge in [-0.2, -0.15) is 5.26 Å². The number of rotatable bonds is 4. The predicted molar refractivity (Wildman–Crippen MR) is 85.2 cm³/mol. The molecule has 0 aliphatic heterocycles. The van der Waals surface area contributed by atoms with Crippen LogP contribution < -0.4 is 0 Å². The van der Waals surface area contributed by atoms with Crippen molar-refractivity contribution in [3.8, 4) is 17.5 Å². The fourth-order valence-electron chi connectivity index (χ4n) is 2.01. The third-order valence-electron chi connectivity index (χ3n) is 3.23. The Hall–Kier alpha value is -2.58. The first-order valence-electron chi connectivity index (χ1n) is 6.77. The molecule has 108 valence electrons. The second kappa shape index (κ2) is 6.46. The Morgan fingerprint density at radius 3 is 2.59 bits per heavy atom. The van der Waals surface area contributed by atoms with Crippen LogP contribution >= 0.6 is 11.8 Å². The van der Waals surface area contributed by atoms with Gasteiger partial charge in [0.15, 0.2) is 0 Å². The lowest BCUT2D eigenvalue weighted by Gasteiger charge is -1.99. The molecule has 4 nitrogen and oxygen atoms in total. The molecule has 2 aromatic carbocycles. The van der Waals surface area contributed by atoms with Crippen molar-refractivity contribution in [3.05, 3.63) is 65.2 Å². The van der Waals surface area contributed by atoms with Crippen molar-refractivity contribution < 1.29 is 4.42 Å². The predicted octanol–water partition coefficient (Wildman–Crippen LogP) is 4.21. The second-order valence-electron chi connectivity index (χ2n) is 4.79. The van der Waals surface area contributed by atoms with Crippen molar-refractivity contribution in [3.63, 3.8) is 0 Å². The zero-order chi connectivity index (χ0) is 15.4. The van der Waals surface area contributed by atoms with Gasteiger partial charge in [0.25, 0.3) is 5.22 Å². The first kappa shape index (κ1) is 14.4. The SMILES string of the molecule is Cc1ccccc1-c1nnc(SCc2ccc(C#N)cc2)o1. The number of nitriles is 1. The van der Waals surface area contributed by atoms with Gasteiger partial charge in [-0.05, 0) is 36.2 Å². The Labute approximate surface area is 132 Å². The van der Waals surface area contributed by atoms with Crippen LogP contribution in [-0.2, 0) is 5.75 Å². The molecule has 0 amide bonds. The van der Waals surface area contributed by atoms with Crippen molar-refractivity contribution in [1.29, 1.82) is 5.26 Å². The van der Waals surface area contributed by atoms with Gasteiger partial charge in [0.05, 0.1) is 11.6 Å². The van der Waals surface area contributed by atoms with Crippen LogP contribution in [0.5, 0.6) is 0 Å². The van der Waals surface area contributed by atoms with E-state index in [1.807, 2.05) is 55.5 Å². The molecule has 3 rings (SSSR count). The molecule has 0 fully saturated rings. The molecular weight excluding hydrogens is 294 g/mol. The van der Waals surface area contributed by atoms with Gasteiger partial charge < -0.3 is 4.42 Å². The lowest BCUT2D eigenvalue weighted by Crippen LogP contribution is -1.81. The molecule has 0 aliphatic rings. The van der Waals surface area contributed by atoms with Gasteiger partial charge >= 0.3 is 0 Å². The van der Waals surface area contributed by atoms with Crippen LogP contribution in [0.2, 0.25) is 0 Å². The van der Waals surface area contributed by atoms with E-state index in [2.05, 4.69) is 16.3 Å². The summed E-state index contributed by atoms with van der Waals surface area (Å²) in [5.74, 6) is 1.27. The largest absolute Gasteiger partial charge is 0.411 e. The fraction of sp³-hybridized carbons (Fsp3) is 0.118. The van der Waals surface area contributed by atoms with Gasteiger partial charge in [-0.25, -0.2) is 0 Å². The van der Waals surface area contributed by atoms with Gasteiger partial charge in [0.1, 0.15) is 0 Å². The number of aromatic nitrogens is 2. The van der Waals surface area contributed by atoms with Crippen LogP contribution in [0.3, 0.4) is 0 Å². The van der Waals surface area contributed by atoms with Gasteiger partial charge in [-0.3, -0.25) is 0 Å². The Bertz CT molecular complexity index is 818. The molecule has 0 N–H and O–H groups in total. The molecule has 1 heterocycles. The Morgan fingerprint density at radius 1 is 1.09 bits per heavy atom. The van der Waals surface area contributed by atoms with E-state index in [4.69, 9.17) is 9.68 Å². The van der Waals surface area contributed by atoms with Crippen molar-refractivity contribution in [2.45, 2.75) is 17.9 Å². The lowest BCUT2D eigenvalue weighted by molar-refractivity contribution is 0.465. The molecule has 0 bridgehead atoms. The van der Waals surface area contributed by atoms with E-state index in [-0.39, 0.29) is 0 Å². The number of hydrogen-bond acceptors (Lipinski definition) is 5. The highest BCUT2D eigenvalue weighted by molar-refractivity contribution is 7.98. The summed E-state index contributed by atoms with van der Waals surface area (Å²) in [6.07, 6.45) is 0. The number of aryl methyl sites for hydroxylation is 1. The van der Waals surface area contributed by atoms with Crippen molar-refractivity contribution in [2.24, 2.45) is 0 Å². The Balaban J connectivity index is 1.69. The molecule has 0 saturated heterocycles. The zero-order valence-electron chi connectivity index (χ0n) is 12.0. The first-order chi connectivity index (χ1) is 10.8. The maximum Gasteiger partial charge on any atom is 0.277 e. The maximum atomic E-state index is 8.78. The summed E-state index contributed by atoms with van der Waals surface area (Å²) >= 11 is 1.49. The summed E-state index contributed by atoms with van der Waals surface area (Å²) in [5, 5.41) is 17.5. The van der Waals surface area contributed by atoms with Crippen LogP contribution in [0.25, 0.3) is 11.5 Å². The third kappa shape index (κ3) is 3.18. The van der Waals surface area contributed by atoms with Crippen LogP contribution in [0.1, 0.15) is 16.7 Å². The molecule has 0 aliphatic carbocycles. The highest BCUT2D eigenvalue weighted by atomic mass is 32.2. The first-order valence-corrected chi connectivity index (χ1v) is 7.76. The van der Waals surface area contributed by atoms with Gasteiger partial charge in [-0.15, -0.1) is 10.2 Å². The van der Waals surface area contributed by atoms with Gasteiger partial charge in [0, 0.05) is 11.3 Å². The van der Waals surface area contributed by atoms with Crippen LogP contribution in [0.15, 0.2) is 58.2 Å². The van der Waals surface area contributed by atoms with Crippen molar-refractivity contribution in [1.82, 2.24) is 10.2 Å². The molecule has 3 aromatic rings. The lowest BCUT2D eigenvalue weighted by atomic mass is 10.1. The quantitative estimate of drug-likeness (QED) is 0.676. The maximum absolute atomic E-state index is 8.78. The van der Waals surface area contributed by atoms with E-state index >= 15 is 0 Å². The van der Waals surface area contributed by atoms with E-state index in [9.17, 15) is 0 Å². The van der Waals surface area contributed by atoms with Gasteiger partial charge in [-0.1, -0.05) is 42.1 Å². The minimum atomic E-state index is 0.542. The minimum absolute atomic E-state index is 0.542. The number of thioether (sulfide) groups is 1. The number of benzene rings is 2. The van der Waals surface area contributed by atoms with Gasteiger partial charge in [0.2, 0.25) is 5.89 Å². The zero-order valence-corrected chi connectivity index (χ0v) is 12.8. The third-order valence-corrected chi connectivity index (χ3v) is 4.12. The average Bonchev–Trinajstić information content (AvgIpc) is 3.02. The molecule has 0 atom stereocenters. The van der Waals surface area contributed by atoms with Crippen LogP contribution in [-0.4, -0.2) is 10.2 Å². The molecule has 1 aromatic heterocycles. The number of hydrogen-bond donors (Lipinski definition) is 0. The summed E-state index contributed by atoms with van der Waals surface area (Å²) < 4.78 is 5.71. The molecule has 0 spiro atoms. The van der Waals surface area contributed by atoms with Crippen molar-refractivity contribution in [2.75, 3.05) is 0 Å². The summed E-state index contributed by atoms with van der Waals surface area (Å²) in [4.78, 5) is 0. The smallest absolute Gasteiger partial charge is 0.277 e.